The Bertz CT molecular complexity index is 935. The molecular formula is C20H22N2O3S2. The number of amides is 1. The van der Waals surface area contributed by atoms with Crippen molar-refractivity contribution in [1.82, 2.24) is 9.21 Å². The molecule has 0 N–H and O–H groups in total. The third-order valence-electron chi connectivity index (χ3n) is 5.08. The maximum absolute atomic E-state index is 12.7. The number of sulfonamides is 1. The Kier molecular flexibility index (Phi) is 5.16. The van der Waals surface area contributed by atoms with Crippen molar-refractivity contribution in [2.24, 2.45) is 0 Å². The molecule has 1 aliphatic carbocycles. The number of benzene rings is 1. The summed E-state index contributed by atoms with van der Waals surface area (Å²) in [5.74, 6) is 0.0336. The summed E-state index contributed by atoms with van der Waals surface area (Å²) < 4.78 is 26.5. The van der Waals surface area contributed by atoms with Crippen LogP contribution in [0.2, 0.25) is 0 Å². The first-order valence-electron chi connectivity index (χ1n) is 9.17. The Morgan fingerprint density at radius 2 is 1.78 bits per heavy atom. The van der Waals surface area contributed by atoms with E-state index in [1.807, 2.05) is 36.4 Å². The molecule has 27 heavy (non-hydrogen) atoms. The lowest BCUT2D eigenvalue weighted by molar-refractivity contribution is 0.0703. The molecule has 1 aliphatic heterocycles. The van der Waals surface area contributed by atoms with Crippen molar-refractivity contribution in [2.45, 2.75) is 19.3 Å². The zero-order valence-corrected chi connectivity index (χ0v) is 16.6. The van der Waals surface area contributed by atoms with Gasteiger partial charge in [0.15, 0.2) is 0 Å². The molecule has 1 fully saturated rings. The van der Waals surface area contributed by atoms with Gasteiger partial charge >= 0.3 is 0 Å². The van der Waals surface area contributed by atoms with E-state index in [9.17, 15) is 13.2 Å². The van der Waals surface area contributed by atoms with Gasteiger partial charge in [-0.25, -0.2) is 8.42 Å². The number of fused-ring (bicyclic) bond motifs is 1. The number of rotatable bonds is 4. The highest BCUT2D eigenvalue weighted by Crippen LogP contribution is 2.31. The number of hydrogen-bond donors (Lipinski definition) is 0. The molecular weight excluding hydrogens is 380 g/mol. The molecule has 2 aliphatic rings. The molecule has 1 aromatic carbocycles. The summed E-state index contributed by atoms with van der Waals surface area (Å²) in [5, 5.41) is 1.25. The zero-order valence-electron chi connectivity index (χ0n) is 15.0. The second kappa shape index (κ2) is 7.58. The smallest absolute Gasteiger partial charge is 0.264 e. The van der Waals surface area contributed by atoms with Gasteiger partial charge in [-0.2, -0.15) is 4.31 Å². The highest BCUT2D eigenvalue weighted by atomic mass is 32.2. The van der Waals surface area contributed by atoms with Crippen LogP contribution in [0.5, 0.6) is 0 Å². The minimum absolute atomic E-state index is 0.0336. The predicted molar refractivity (Wildman–Crippen MR) is 108 cm³/mol. The monoisotopic (exact) mass is 402 g/mol. The Morgan fingerprint density at radius 1 is 1.04 bits per heavy atom. The zero-order chi connectivity index (χ0) is 18.9. The molecule has 7 heteroatoms. The number of hydrogen-bond acceptors (Lipinski definition) is 4. The second-order valence-corrected chi connectivity index (χ2v) is 9.82. The van der Waals surface area contributed by atoms with E-state index in [0.29, 0.717) is 26.2 Å². The van der Waals surface area contributed by atoms with Gasteiger partial charge in [0.1, 0.15) is 0 Å². The van der Waals surface area contributed by atoms with E-state index in [1.54, 1.807) is 22.3 Å². The Morgan fingerprint density at radius 3 is 2.48 bits per heavy atom. The summed E-state index contributed by atoms with van der Waals surface area (Å²) in [6.45, 7) is 1.52. The van der Waals surface area contributed by atoms with Crippen LogP contribution in [0.1, 0.15) is 32.1 Å². The van der Waals surface area contributed by atoms with Gasteiger partial charge in [-0.15, -0.1) is 11.3 Å². The van der Waals surface area contributed by atoms with Gasteiger partial charge in [0, 0.05) is 36.5 Å². The lowest BCUT2D eigenvalue weighted by atomic mass is 10.2. The van der Waals surface area contributed by atoms with Crippen molar-refractivity contribution in [3.63, 3.8) is 0 Å². The summed E-state index contributed by atoms with van der Waals surface area (Å²) in [6.07, 6.45) is 4.94. The summed E-state index contributed by atoms with van der Waals surface area (Å²) in [7, 11) is -3.48. The van der Waals surface area contributed by atoms with Crippen LogP contribution in [-0.2, 0) is 22.9 Å². The number of carbonyl (C=O) groups is 1. The molecule has 5 nitrogen and oxygen atoms in total. The minimum Gasteiger partial charge on any atom is -0.335 e. The maximum Gasteiger partial charge on any atom is 0.264 e. The molecule has 1 amide bonds. The standard InChI is InChI=1S/C20H22N2O3S2/c23-20(19-15-17-7-4-8-18(17)26-19)21-10-12-22(13-11-21)27(24,25)14-9-16-5-2-1-3-6-16/h1-3,5-6,9,14-15H,4,7-8,10-13H2. The number of aryl methyl sites for hydroxylation is 2. The van der Waals surface area contributed by atoms with E-state index in [1.165, 1.54) is 26.6 Å². The molecule has 2 heterocycles. The second-order valence-electron chi connectivity index (χ2n) is 6.86. The van der Waals surface area contributed by atoms with Crippen LogP contribution < -0.4 is 0 Å². The van der Waals surface area contributed by atoms with E-state index >= 15 is 0 Å². The van der Waals surface area contributed by atoms with Crippen molar-refractivity contribution >= 4 is 33.3 Å². The lowest BCUT2D eigenvalue weighted by Gasteiger charge is -2.33. The van der Waals surface area contributed by atoms with Gasteiger partial charge in [0.05, 0.1) is 4.88 Å². The largest absolute Gasteiger partial charge is 0.335 e. The van der Waals surface area contributed by atoms with Crippen molar-refractivity contribution < 1.29 is 13.2 Å². The van der Waals surface area contributed by atoms with Crippen LogP contribution in [0.3, 0.4) is 0 Å². The van der Waals surface area contributed by atoms with Crippen LogP contribution in [0.15, 0.2) is 41.8 Å². The van der Waals surface area contributed by atoms with Gasteiger partial charge in [0.2, 0.25) is 10.0 Å². The molecule has 142 valence electrons. The molecule has 1 saturated heterocycles. The fourth-order valence-electron chi connectivity index (χ4n) is 3.55. The first-order valence-corrected chi connectivity index (χ1v) is 11.5. The topological polar surface area (TPSA) is 57.7 Å². The number of thiophene rings is 1. The van der Waals surface area contributed by atoms with Crippen LogP contribution in [0.4, 0.5) is 0 Å². The van der Waals surface area contributed by atoms with Gasteiger partial charge in [0.25, 0.3) is 5.91 Å². The lowest BCUT2D eigenvalue weighted by Crippen LogP contribution is -2.49. The van der Waals surface area contributed by atoms with E-state index in [-0.39, 0.29) is 5.91 Å². The fourth-order valence-corrected chi connectivity index (χ4v) is 5.95. The summed E-state index contributed by atoms with van der Waals surface area (Å²) in [4.78, 5) is 16.6. The van der Waals surface area contributed by atoms with Crippen molar-refractivity contribution in [3.05, 3.63) is 62.7 Å². The highest BCUT2D eigenvalue weighted by Gasteiger charge is 2.29. The van der Waals surface area contributed by atoms with E-state index in [2.05, 4.69) is 0 Å². The van der Waals surface area contributed by atoms with E-state index < -0.39 is 10.0 Å². The predicted octanol–water partition coefficient (Wildman–Crippen LogP) is 3.00. The molecule has 0 saturated carbocycles. The van der Waals surface area contributed by atoms with Gasteiger partial charge in [-0.1, -0.05) is 30.3 Å². The van der Waals surface area contributed by atoms with Crippen LogP contribution in [-0.4, -0.2) is 49.7 Å². The summed E-state index contributed by atoms with van der Waals surface area (Å²) in [5.41, 5.74) is 2.16. The molecule has 0 spiro atoms. The molecule has 4 rings (SSSR count). The molecule has 0 radical (unpaired) electrons. The Balaban J connectivity index is 1.37. The van der Waals surface area contributed by atoms with E-state index in [4.69, 9.17) is 0 Å². The van der Waals surface area contributed by atoms with Gasteiger partial charge < -0.3 is 4.90 Å². The van der Waals surface area contributed by atoms with Gasteiger partial charge in [-0.05, 0) is 42.5 Å². The normalized spacial score (nSPS) is 18.1. The van der Waals surface area contributed by atoms with Crippen molar-refractivity contribution in [1.29, 1.82) is 0 Å². The maximum atomic E-state index is 12.7. The first-order chi connectivity index (χ1) is 13.0. The number of carbonyl (C=O) groups excluding carboxylic acids is 1. The first kappa shape index (κ1) is 18.4. The highest BCUT2D eigenvalue weighted by molar-refractivity contribution is 7.92. The molecule has 1 aromatic heterocycles. The number of piperazine rings is 1. The average molecular weight is 403 g/mol. The molecule has 0 bridgehead atoms. The van der Waals surface area contributed by atoms with Crippen molar-refractivity contribution in [2.75, 3.05) is 26.2 Å². The van der Waals surface area contributed by atoms with Crippen LogP contribution in [0.25, 0.3) is 6.08 Å². The molecule has 0 atom stereocenters. The van der Waals surface area contributed by atoms with Crippen molar-refractivity contribution in [3.8, 4) is 0 Å². The fraction of sp³-hybridized carbons (Fsp3) is 0.350. The van der Waals surface area contributed by atoms with E-state index in [0.717, 1.165) is 23.3 Å². The quantitative estimate of drug-likeness (QED) is 0.790. The van der Waals surface area contributed by atoms with Gasteiger partial charge in [-0.3, -0.25) is 4.79 Å². The Labute approximate surface area is 164 Å². The molecule has 2 aromatic rings. The summed E-state index contributed by atoms with van der Waals surface area (Å²) in [6, 6.07) is 11.4. The number of nitrogens with zero attached hydrogens (tertiary/aromatic N) is 2. The van der Waals surface area contributed by atoms with Crippen LogP contribution in [0, 0.1) is 0 Å². The third kappa shape index (κ3) is 4.00. The Hall–Kier alpha value is -1.96. The third-order valence-corrected chi connectivity index (χ3v) is 7.87. The SMILES string of the molecule is O=C(c1cc2c(s1)CCC2)N1CCN(S(=O)(=O)C=Cc2ccccc2)CC1. The molecule has 0 unspecified atom stereocenters. The minimum atomic E-state index is -3.48. The average Bonchev–Trinajstić information content (AvgIpc) is 3.29. The summed E-state index contributed by atoms with van der Waals surface area (Å²) >= 11 is 1.60. The van der Waals surface area contributed by atoms with Crippen LogP contribution >= 0.6 is 11.3 Å².